The van der Waals surface area contributed by atoms with E-state index in [4.69, 9.17) is 4.74 Å². The number of carbonyl (C=O) groups is 2. The van der Waals surface area contributed by atoms with E-state index < -0.39 is 5.60 Å². The van der Waals surface area contributed by atoms with Gasteiger partial charge in [0.1, 0.15) is 11.4 Å². The summed E-state index contributed by atoms with van der Waals surface area (Å²) in [5.41, 5.74) is 0.304. The number of nitrogens with zero attached hydrogens (tertiary/aromatic N) is 2. The van der Waals surface area contributed by atoms with Crippen LogP contribution in [0, 0.1) is 12.7 Å². The Balaban J connectivity index is 1.94. The summed E-state index contributed by atoms with van der Waals surface area (Å²) in [6.07, 6.45) is -0.369. The molecule has 1 aromatic carbocycles. The second-order valence-electron chi connectivity index (χ2n) is 6.72. The van der Waals surface area contributed by atoms with Gasteiger partial charge in [0, 0.05) is 31.7 Å². The Hall–Kier alpha value is -2.11. The fourth-order valence-corrected chi connectivity index (χ4v) is 2.33. The summed E-state index contributed by atoms with van der Waals surface area (Å²) >= 11 is 0. The summed E-state index contributed by atoms with van der Waals surface area (Å²) in [5.74, 6) is -0.601. The van der Waals surface area contributed by atoms with Crippen molar-refractivity contribution < 1.29 is 18.7 Å². The molecule has 1 saturated heterocycles. The van der Waals surface area contributed by atoms with Crippen LogP contribution in [0.3, 0.4) is 0 Å². The Morgan fingerprint density at radius 2 is 1.65 bits per heavy atom. The third-order valence-electron chi connectivity index (χ3n) is 3.64. The first-order chi connectivity index (χ1) is 10.7. The normalized spacial score (nSPS) is 15.5. The summed E-state index contributed by atoms with van der Waals surface area (Å²) in [4.78, 5) is 27.6. The van der Waals surface area contributed by atoms with E-state index in [1.165, 1.54) is 6.07 Å². The second-order valence-corrected chi connectivity index (χ2v) is 6.72. The minimum atomic E-state index is -0.538. The third kappa shape index (κ3) is 4.43. The molecule has 6 heteroatoms. The summed E-state index contributed by atoms with van der Waals surface area (Å²) in [6.45, 7) is 8.75. The zero-order valence-corrected chi connectivity index (χ0v) is 14.1. The predicted molar refractivity (Wildman–Crippen MR) is 84.8 cm³/mol. The summed E-state index contributed by atoms with van der Waals surface area (Å²) in [5, 5.41) is 0. The van der Waals surface area contributed by atoms with Crippen LogP contribution < -0.4 is 0 Å². The molecule has 0 atom stereocenters. The van der Waals surface area contributed by atoms with E-state index in [2.05, 4.69) is 0 Å². The molecule has 0 radical (unpaired) electrons. The Kier molecular flexibility index (Phi) is 4.92. The lowest BCUT2D eigenvalue weighted by Crippen LogP contribution is -2.51. The number of piperazine rings is 1. The monoisotopic (exact) mass is 322 g/mol. The van der Waals surface area contributed by atoms with Crippen molar-refractivity contribution in [2.24, 2.45) is 0 Å². The van der Waals surface area contributed by atoms with Crippen molar-refractivity contribution >= 4 is 12.0 Å². The Morgan fingerprint density at radius 3 is 2.17 bits per heavy atom. The fraction of sp³-hybridized carbons (Fsp3) is 0.529. The number of benzene rings is 1. The number of aryl methyl sites for hydroxylation is 1. The maximum Gasteiger partial charge on any atom is 0.410 e. The minimum Gasteiger partial charge on any atom is -0.444 e. The average Bonchev–Trinajstić information content (AvgIpc) is 2.48. The van der Waals surface area contributed by atoms with Crippen molar-refractivity contribution in [2.75, 3.05) is 26.2 Å². The molecule has 1 aliphatic rings. The third-order valence-corrected chi connectivity index (χ3v) is 3.64. The van der Waals surface area contributed by atoms with Gasteiger partial charge in [-0.05, 0) is 45.4 Å². The molecule has 0 unspecified atom stereocenters. The number of amides is 2. The first-order valence-electron chi connectivity index (χ1n) is 7.71. The number of hydrogen-bond acceptors (Lipinski definition) is 3. The van der Waals surface area contributed by atoms with Crippen molar-refractivity contribution in [1.29, 1.82) is 0 Å². The highest BCUT2D eigenvalue weighted by Crippen LogP contribution is 2.15. The Bertz CT molecular complexity index is 602. The molecule has 0 aliphatic carbocycles. The van der Waals surface area contributed by atoms with Gasteiger partial charge in [0.15, 0.2) is 0 Å². The van der Waals surface area contributed by atoms with E-state index in [0.717, 1.165) is 0 Å². The van der Waals surface area contributed by atoms with Crippen LogP contribution in [0.2, 0.25) is 0 Å². The number of hydrogen-bond donors (Lipinski definition) is 0. The molecule has 1 fully saturated rings. The first-order valence-corrected chi connectivity index (χ1v) is 7.71. The van der Waals surface area contributed by atoms with Gasteiger partial charge in [-0.2, -0.15) is 0 Å². The lowest BCUT2D eigenvalue weighted by Gasteiger charge is -2.35. The maximum atomic E-state index is 13.6. The largest absolute Gasteiger partial charge is 0.444 e. The fourth-order valence-electron chi connectivity index (χ4n) is 2.33. The molecule has 5 nitrogen and oxygen atoms in total. The van der Waals surface area contributed by atoms with Gasteiger partial charge in [-0.3, -0.25) is 4.79 Å². The SMILES string of the molecule is Cc1ccc(C(=O)N2CCN(C(=O)OC(C)(C)C)CC2)cc1F. The van der Waals surface area contributed by atoms with Crippen LogP contribution in [0.1, 0.15) is 36.7 Å². The minimum absolute atomic E-state index is 0.215. The van der Waals surface area contributed by atoms with Gasteiger partial charge in [-0.15, -0.1) is 0 Å². The van der Waals surface area contributed by atoms with Crippen LogP contribution in [0.5, 0.6) is 0 Å². The lowest BCUT2D eigenvalue weighted by atomic mass is 10.1. The highest BCUT2D eigenvalue weighted by molar-refractivity contribution is 5.94. The molecule has 23 heavy (non-hydrogen) atoms. The van der Waals surface area contributed by atoms with Gasteiger partial charge in [0.05, 0.1) is 0 Å². The number of ether oxygens (including phenoxy) is 1. The van der Waals surface area contributed by atoms with Gasteiger partial charge >= 0.3 is 6.09 Å². The molecule has 1 aromatic rings. The number of rotatable bonds is 1. The van der Waals surface area contributed by atoms with Crippen LogP contribution in [0.4, 0.5) is 9.18 Å². The summed E-state index contributed by atoms with van der Waals surface area (Å²) < 4.78 is 18.9. The molecular weight excluding hydrogens is 299 g/mol. The molecule has 126 valence electrons. The van der Waals surface area contributed by atoms with Crippen LogP contribution in [-0.4, -0.2) is 53.6 Å². The molecule has 0 N–H and O–H groups in total. The molecule has 1 heterocycles. The molecule has 2 rings (SSSR count). The van der Waals surface area contributed by atoms with E-state index in [0.29, 0.717) is 37.3 Å². The Labute approximate surface area is 136 Å². The number of halogens is 1. The van der Waals surface area contributed by atoms with Gasteiger partial charge < -0.3 is 14.5 Å². The molecule has 2 amide bonds. The quantitative estimate of drug-likeness (QED) is 0.799. The number of carbonyl (C=O) groups excluding carboxylic acids is 2. The van der Waals surface area contributed by atoms with Crippen molar-refractivity contribution in [1.82, 2.24) is 9.80 Å². The summed E-state index contributed by atoms with van der Waals surface area (Å²) in [6, 6.07) is 4.48. The highest BCUT2D eigenvalue weighted by Gasteiger charge is 2.28. The van der Waals surface area contributed by atoms with Crippen molar-refractivity contribution in [2.45, 2.75) is 33.3 Å². The highest BCUT2D eigenvalue weighted by atomic mass is 19.1. The topological polar surface area (TPSA) is 49.9 Å². The van der Waals surface area contributed by atoms with E-state index in [1.807, 2.05) is 20.8 Å². The van der Waals surface area contributed by atoms with Gasteiger partial charge in [0.2, 0.25) is 0 Å². The Morgan fingerprint density at radius 1 is 1.09 bits per heavy atom. The maximum absolute atomic E-state index is 13.6. The van der Waals surface area contributed by atoms with E-state index in [9.17, 15) is 14.0 Å². The van der Waals surface area contributed by atoms with Crippen molar-refractivity contribution in [3.8, 4) is 0 Å². The molecule has 0 aromatic heterocycles. The average molecular weight is 322 g/mol. The molecule has 0 saturated carbocycles. The molecular formula is C17H23FN2O3. The zero-order chi connectivity index (χ0) is 17.2. The summed E-state index contributed by atoms with van der Waals surface area (Å²) in [7, 11) is 0. The smallest absolute Gasteiger partial charge is 0.410 e. The van der Waals surface area contributed by atoms with Crippen LogP contribution in [0.25, 0.3) is 0 Å². The molecule has 0 spiro atoms. The van der Waals surface area contributed by atoms with Crippen LogP contribution >= 0.6 is 0 Å². The predicted octanol–water partition coefficient (Wildman–Crippen LogP) is 2.83. The van der Waals surface area contributed by atoms with Gasteiger partial charge in [-0.1, -0.05) is 6.07 Å². The second kappa shape index (κ2) is 6.56. The molecule has 0 bridgehead atoms. The van der Waals surface area contributed by atoms with E-state index in [1.54, 1.807) is 28.9 Å². The van der Waals surface area contributed by atoms with E-state index >= 15 is 0 Å². The van der Waals surface area contributed by atoms with Gasteiger partial charge in [-0.25, -0.2) is 9.18 Å². The first kappa shape index (κ1) is 17.2. The van der Waals surface area contributed by atoms with Crippen molar-refractivity contribution in [3.63, 3.8) is 0 Å². The van der Waals surface area contributed by atoms with Crippen molar-refractivity contribution in [3.05, 3.63) is 35.1 Å². The van der Waals surface area contributed by atoms with Crippen LogP contribution in [-0.2, 0) is 4.74 Å². The molecule has 1 aliphatic heterocycles. The van der Waals surface area contributed by atoms with Crippen LogP contribution in [0.15, 0.2) is 18.2 Å². The van der Waals surface area contributed by atoms with E-state index in [-0.39, 0.29) is 17.8 Å². The zero-order valence-electron chi connectivity index (χ0n) is 14.1. The standard InChI is InChI=1S/C17H23FN2O3/c1-12-5-6-13(11-14(12)18)15(21)19-7-9-20(10-8-19)16(22)23-17(2,3)4/h5-6,11H,7-10H2,1-4H3. The van der Waals surface area contributed by atoms with Gasteiger partial charge in [0.25, 0.3) is 5.91 Å². The lowest BCUT2D eigenvalue weighted by molar-refractivity contribution is 0.0141.